The molecule has 64 heavy (non-hydrogen) atoms. The smallest absolute Gasteiger partial charge is 0.407 e. The molecular weight excluding hydrogens is 944 g/mol. The minimum atomic E-state index is -0.601. The van der Waals surface area contributed by atoms with E-state index in [9.17, 15) is 19.2 Å². The van der Waals surface area contributed by atoms with Gasteiger partial charge in [-0.2, -0.15) is 0 Å². The highest BCUT2D eigenvalue weighted by atomic mass is 79.9. The van der Waals surface area contributed by atoms with Crippen LogP contribution >= 0.6 is 31.9 Å². The maximum Gasteiger partial charge on any atom is 0.407 e. The zero-order valence-electron chi connectivity index (χ0n) is 37.9. The fraction of sp³-hybridized carbons (Fsp3) is 0.520. The number of amides is 4. The number of hydrogen-bond acceptors (Lipinski definition) is 8. The number of ether oxygens (including phenoxy) is 4. The van der Waals surface area contributed by atoms with Crippen molar-refractivity contribution in [3.63, 3.8) is 0 Å². The molecule has 8 rings (SSSR count). The minimum Gasteiger partial charge on any atom is -0.493 e. The number of carbonyl (C=O) groups excluding carboxylic acids is 4. The van der Waals surface area contributed by atoms with Crippen molar-refractivity contribution in [2.75, 3.05) is 40.5 Å². The van der Waals surface area contributed by atoms with Crippen molar-refractivity contribution >= 4 is 67.0 Å². The van der Waals surface area contributed by atoms with E-state index in [4.69, 9.17) is 18.9 Å². The Kier molecular flexibility index (Phi) is 15.7. The maximum absolute atomic E-state index is 13.5. The molecule has 0 unspecified atom stereocenters. The normalized spacial score (nSPS) is 21.5. The van der Waals surface area contributed by atoms with Gasteiger partial charge in [0.25, 0.3) is 0 Å². The fourth-order valence-electron chi connectivity index (χ4n) is 10.1. The van der Waals surface area contributed by atoms with Gasteiger partial charge in [-0.15, -0.1) is 0 Å². The van der Waals surface area contributed by atoms with Gasteiger partial charge in [0, 0.05) is 46.0 Å². The topological polar surface area (TPSA) is 136 Å². The second-order valence-electron chi connectivity index (χ2n) is 18.0. The van der Waals surface area contributed by atoms with Gasteiger partial charge in [0.2, 0.25) is 11.8 Å². The van der Waals surface area contributed by atoms with Crippen molar-refractivity contribution in [1.82, 2.24) is 20.4 Å². The van der Waals surface area contributed by atoms with E-state index in [1.807, 2.05) is 37.5 Å². The minimum absolute atomic E-state index is 0.0311. The predicted molar refractivity (Wildman–Crippen MR) is 254 cm³/mol. The molecule has 4 aliphatic heterocycles. The van der Waals surface area contributed by atoms with E-state index in [-0.39, 0.29) is 35.7 Å². The molecule has 344 valence electrons. The van der Waals surface area contributed by atoms with Crippen molar-refractivity contribution in [3.8, 4) is 0 Å². The fourth-order valence-corrected chi connectivity index (χ4v) is 10.6. The highest BCUT2D eigenvalue weighted by Gasteiger charge is 2.43. The van der Waals surface area contributed by atoms with Gasteiger partial charge in [0.05, 0.1) is 39.5 Å². The van der Waals surface area contributed by atoms with E-state index in [2.05, 4.69) is 91.0 Å². The maximum atomic E-state index is 13.5. The van der Waals surface area contributed by atoms with Gasteiger partial charge in [0.1, 0.15) is 23.6 Å². The van der Waals surface area contributed by atoms with Gasteiger partial charge in [-0.3, -0.25) is 9.59 Å². The number of rotatable bonds is 10. The number of nitrogens with one attached hydrogen (secondary N) is 2. The van der Waals surface area contributed by atoms with E-state index in [0.717, 1.165) is 97.9 Å². The molecule has 14 heteroatoms. The molecule has 2 aromatic rings. The SMILES string of the molecule is COC(=O)N[C@H](C(=O)N1CCC[C@@H]1C1=C2CCCOC2=C(c2ccc(Br)cc2)C1)C(C)C.COC(=O)N[C@H](C(=O)N1CCC[C@H]1C1=C2CCCOC2=C(c2ccc(Br)cc2)C1)C(C)C. The van der Waals surface area contributed by atoms with Gasteiger partial charge < -0.3 is 39.4 Å². The Morgan fingerprint density at radius 2 is 0.969 bits per heavy atom. The Morgan fingerprint density at radius 1 is 0.594 bits per heavy atom. The van der Waals surface area contributed by atoms with E-state index in [0.29, 0.717) is 13.1 Å². The van der Waals surface area contributed by atoms with Crippen LogP contribution in [0.1, 0.15) is 103 Å². The van der Waals surface area contributed by atoms with Crippen molar-refractivity contribution in [1.29, 1.82) is 0 Å². The van der Waals surface area contributed by atoms with E-state index < -0.39 is 24.3 Å². The molecule has 0 spiro atoms. The lowest BCUT2D eigenvalue weighted by atomic mass is 9.94. The van der Waals surface area contributed by atoms with E-state index >= 15 is 0 Å². The molecule has 4 fully saturated rings. The van der Waals surface area contributed by atoms with Crippen LogP contribution in [0.4, 0.5) is 9.59 Å². The zero-order chi connectivity index (χ0) is 45.7. The molecule has 12 nitrogen and oxygen atoms in total. The summed E-state index contributed by atoms with van der Waals surface area (Å²) in [5, 5.41) is 5.48. The Bertz CT molecular complexity index is 2060. The molecule has 2 aromatic carbocycles. The first kappa shape index (κ1) is 47.4. The van der Waals surface area contributed by atoms with Crippen LogP contribution in [-0.2, 0) is 28.5 Å². The average Bonchev–Trinajstić information content (AvgIpc) is 4.13. The summed E-state index contributed by atoms with van der Waals surface area (Å²) >= 11 is 7.04. The lowest BCUT2D eigenvalue weighted by Gasteiger charge is -2.32. The summed E-state index contributed by atoms with van der Waals surface area (Å²) in [5.41, 5.74) is 9.95. The van der Waals surface area contributed by atoms with Crippen LogP contribution < -0.4 is 10.6 Å². The Labute approximate surface area is 394 Å². The Balaban J connectivity index is 0.000000191. The predicted octanol–water partition coefficient (Wildman–Crippen LogP) is 10.1. The number of benzene rings is 2. The molecule has 2 N–H and O–H groups in total. The molecule has 4 saturated heterocycles. The number of alkyl carbamates (subject to hydrolysis) is 2. The monoisotopic (exact) mass is 1000 g/mol. The highest BCUT2D eigenvalue weighted by molar-refractivity contribution is 9.10. The first-order chi connectivity index (χ1) is 30.8. The number of nitrogens with zero attached hydrogens (tertiary/aromatic N) is 2. The van der Waals surface area contributed by atoms with Crippen molar-refractivity contribution < 1.29 is 38.1 Å². The molecule has 0 bridgehead atoms. The molecule has 4 heterocycles. The van der Waals surface area contributed by atoms with Gasteiger partial charge in [-0.1, -0.05) is 83.8 Å². The first-order valence-electron chi connectivity index (χ1n) is 22.8. The molecule has 2 aliphatic carbocycles. The van der Waals surface area contributed by atoms with Crippen LogP contribution in [0.15, 0.2) is 91.3 Å². The van der Waals surface area contributed by atoms with Crippen LogP contribution in [0.25, 0.3) is 11.1 Å². The number of allylic oxidation sites excluding steroid dienone is 4. The van der Waals surface area contributed by atoms with Gasteiger partial charge in [-0.05, 0) is 121 Å². The third kappa shape index (κ3) is 10.3. The van der Waals surface area contributed by atoms with Crippen molar-refractivity contribution in [3.05, 3.63) is 102 Å². The van der Waals surface area contributed by atoms with Gasteiger partial charge >= 0.3 is 12.2 Å². The summed E-state index contributed by atoms with van der Waals surface area (Å²) in [6, 6.07) is 15.6. The summed E-state index contributed by atoms with van der Waals surface area (Å²) in [5.74, 6) is 1.90. The molecule has 4 amide bonds. The van der Waals surface area contributed by atoms with E-state index in [1.54, 1.807) is 0 Å². The number of likely N-dealkylation sites (tertiary alicyclic amines) is 2. The Morgan fingerprint density at radius 3 is 1.31 bits per heavy atom. The molecular formula is C50H62Br2N4O8. The summed E-state index contributed by atoms with van der Waals surface area (Å²) in [6.07, 6.45) is 8.22. The molecule has 0 radical (unpaired) electrons. The standard InChI is InChI=1S/2C25H31BrN2O4/c2*1-15(2)22(27-25(30)31-3)24(29)28-12-4-7-21(28)20-14-19(16-8-10-17(26)11-9-16)23-18(20)6-5-13-32-23/h2*8-11,15,21-22H,4-7,12-14H2,1-3H3,(H,27,30)/t21-,22+;21-,22-/m10/s1. The summed E-state index contributed by atoms with van der Waals surface area (Å²) < 4.78 is 24.0. The third-order valence-electron chi connectivity index (χ3n) is 13.3. The molecule has 4 atom stereocenters. The molecule has 6 aliphatic rings. The van der Waals surface area contributed by atoms with Crippen LogP contribution in [0.5, 0.6) is 0 Å². The number of carbonyl (C=O) groups is 4. The van der Waals surface area contributed by atoms with Gasteiger partial charge in [-0.25, -0.2) is 9.59 Å². The van der Waals surface area contributed by atoms with Crippen LogP contribution in [-0.4, -0.2) is 98.5 Å². The highest BCUT2D eigenvalue weighted by Crippen LogP contribution is 2.48. The van der Waals surface area contributed by atoms with Crippen molar-refractivity contribution in [2.45, 2.75) is 116 Å². The second-order valence-corrected chi connectivity index (χ2v) is 19.8. The number of methoxy groups -OCH3 is 2. The summed E-state index contributed by atoms with van der Waals surface area (Å²) in [6.45, 7) is 10.7. The van der Waals surface area contributed by atoms with Crippen LogP contribution in [0.2, 0.25) is 0 Å². The number of halogens is 2. The van der Waals surface area contributed by atoms with Crippen LogP contribution in [0.3, 0.4) is 0 Å². The van der Waals surface area contributed by atoms with Gasteiger partial charge in [0.15, 0.2) is 0 Å². The largest absolute Gasteiger partial charge is 0.493 e. The zero-order valence-corrected chi connectivity index (χ0v) is 41.1. The lowest BCUT2D eigenvalue weighted by Crippen LogP contribution is -2.52. The molecule has 0 saturated carbocycles. The van der Waals surface area contributed by atoms with E-state index in [1.165, 1.54) is 58.8 Å². The lowest BCUT2D eigenvalue weighted by molar-refractivity contribution is -0.135. The molecule has 0 aromatic heterocycles. The quantitative estimate of drug-likeness (QED) is 0.240. The number of fused-ring (bicyclic) bond motifs is 2. The summed E-state index contributed by atoms with van der Waals surface area (Å²) in [7, 11) is 2.64. The summed E-state index contributed by atoms with van der Waals surface area (Å²) in [4.78, 5) is 54.7. The van der Waals surface area contributed by atoms with Crippen molar-refractivity contribution in [2.24, 2.45) is 11.8 Å². The third-order valence-corrected chi connectivity index (χ3v) is 14.3. The van der Waals surface area contributed by atoms with Crippen LogP contribution in [0, 0.1) is 11.8 Å². The average molecular weight is 1010 g/mol. The number of hydrogen-bond donors (Lipinski definition) is 2. The second kappa shape index (κ2) is 21.2. The first-order valence-corrected chi connectivity index (χ1v) is 24.4. The Hall–Kier alpha value is -4.56.